The van der Waals surface area contributed by atoms with E-state index in [1.165, 1.54) is 12.1 Å². The number of halogens is 2. The molecule has 0 saturated heterocycles. The predicted octanol–water partition coefficient (Wildman–Crippen LogP) is 3.75. The molecule has 0 spiro atoms. The number of para-hydroxylation sites is 2. The molecule has 2 aromatic carbocycles. The number of hydrogen-bond acceptors (Lipinski definition) is 3. The first-order chi connectivity index (χ1) is 12.8. The van der Waals surface area contributed by atoms with Crippen LogP contribution in [0.3, 0.4) is 0 Å². The molecular weight excluding hydrogens is 371 g/mol. The Bertz CT molecular complexity index is 969. The van der Waals surface area contributed by atoms with Crippen LogP contribution < -0.4 is 10.6 Å². The van der Waals surface area contributed by atoms with Gasteiger partial charge in [-0.05, 0) is 36.2 Å². The maximum Gasteiger partial charge on any atom is 0.251 e. The lowest BCUT2D eigenvalue weighted by molar-refractivity contribution is -0.118. The van der Waals surface area contributed by atoms with Crippen LogP contribution >= 0.6 is 11.6 Å². The lowest BCUT2D eigenvalue weighted by Crippen LogP contribution is -2.47. The van der Waals surface area contributed by atoms with Crippen LogP contribution in [0, 0.1) is 11.7 Å². The third-order valence-corrected chi connectivity index (χ3v) is 4.34. The molecule has 8 heteroatoms. The van der Waals surface area contributed by atoms with E-state index < -0.39 is 23.7 Å². The summed E-state index contributed by atoms with van der Waals surface area (Å²) in [5.41, 5.74) is 1.68. The highest BCUT2D eigenvalue weighted by atomic mass is 35.5. The number of nitrogens with one attached hydrogen (secondary N) is 3. The molecule has 0 aliphatic heterocycles. The molecule has 3 N–H and O–H groups in total. The quantitative estimate of drug-likeness (QED) is 0.622. The molecule has 140 valence electrons. The van der Waals surface area contributed by atoms with Gasteiger partial charge in [0.2, 0.25) is 11.9 Å². The van der Waals surface area contributed by atoms with Gasteiger partial charge in [0.05, 0.1) is 16.1 Å². The molecule has 3 rings (SSSR count). The van der Waals surface area contributed by atoms with Crippen LogP contribution in [-0.2, 0) is 4.79 Å². The Morgan fingerprint density at radius 3 is 2.59 bits per heavy atom. The molecule has 1 unspecified atom stereocenters. The topological polar surface area (TPSA) is 86.9 Å². The van der Waals surface area contributed by atoms with Crippen molar-refractivity contribution in [3.63, 3.8) is 0 Å². The molecule has 0 aliphatic rings. The average Bonchev–Trinajstić information content (AvgIpc) is 3.03. The number of aromatic amines is 1. The highest BCUT2D eigenvalue weighted by molar-refractivity contribution is 6.31. The van der Waals surface area contributed by atoms with Gasteiger partial charge in [-0.25, -0.2) is 9.37 Å². The van der Waals surface area contributed by atoms with Crippen LogP contribution in [0.2, 0.25) is 5.02 Å². The summed E-state index contributed by atoms with van der Waals surface area (Å²) in [6.07, 6.45) is 0. The third-order valence-electron chi connectivity index (χ3n) is 4.05. The normalized spacial score (nSPS) is 12.2. The van der Waals surface area contributed by atoms with Crippen molar-refractivity contribution in [1.29, 1.82) is 0 Å². The van der Waals surface area contributed by atoms with Crippen LogP contribution in [0.5, 0.6) is 0 Å². The maximum absolute atomic E-state index is 13.3. The van der Waals surface area contributed by atoms with Gasteiger partial charge >= 0.3 is 0 Å². The van der Waals surface area contributed by atoms with Crippen LogP contribution in [0.4, 0.5) is 10.3 Å². The van der Waals surface area contributed by atoms with Gasteiger partial charge in [-0.2, -0.15) is 0 Å². The number of imidazole rings is 1. The molecule has 0 fully saturated rings. The number of hydrogen-bond donors (Lipinski definition) is 3. The minimum Gasteiger partial charge on any atom is -0.340 e. The minimum absolute atomic E-state index is 0.157. The van der Waals surface area contributed by atoms with Crippen molar-refractivity contribution in [3.05, 3.63) is 58.9 Å². The number of nitrogens with zero attached hydrogens (tertiary/aromatic N) is 1. The summed E-state index contributed by atoms with van der Waals surface area (Å²) in [6, 6.07) is 10.2. The number of rotatable bonds is 5. The number of fused-ring (bicyclic) bond motifs is 1. The Labute approximate surface area is 160 Å². The lowest BCUT2D eigenvalue weighted by Gasteiger charge is -2.21. The van der Waals surface area contributed by atoms with Crippen molar-refractivity contribution >= 4 is 40.4 Å². The van der Waals surface area contributed by atoms with Crippen molar-refractivity contribution in [2.24, 2.45) is 5.92 Å². The van der Waals surface area contributed by atoms with Gasteiger partial charge in [0.15, 0.2) is 0 Å². The lowest BCUT2D eigenvalue weighted by atomic mass is 10.0. The number of benzene rings is 2. The molecule has 1 aromatic heterocycles. The van der Waals surface area contributed by atoms with Gasteiger partial charge < -0.3 is 10.3 Å². The molecule has 27 heavy (non-hydrogen) atoms. The summed E-state index contributed by atoms with van der Waals surface area (Å²) >= 11 is 5.72. The Morgan fingerprint density at radius 1 is 1.19 bits per heavy atom. The molecule has 1 heterocycles. The number of aromatic nitrogens is 2. The van der Waals surface area contributed by atoms with Crippen LogP contribution in [-0.4, -0.2) is 27.8 Å². The molecular formula is C19H18ClFN4O2. The highest BCUT2D eigenvalue weighted by Crippen LogP contribution is 2.17. The Morgan fingerprint density at radius 2 is 1.93 bits per heavy atom. The van der Waals surface area contributed by atoms with Crippen molar-refractivity contribution < 1.29 is 14.0 Å². The van der Waals surface area contributed by atoms with Crippen LogP contribution in [0.1, 0.15) is 24.2 Å². The summed E-state index contributed by atoms with van der Waals surface area (Å²) in [7, 11) is 0. The van der Waals surface area contributed by atoms with E-state index in [-0.39, 0.29) is 16.5 Å². The first-order valence-electron chi connectivity index (χ1n) is 8.36. The maximum atomic E-state index is 13.3. The second-order valence-corrected chi connectivity index (χ2v) is 6.82. The van der Waals surface area contributed by atoms with E-state index >= 15 is 0 Å². The molecule has 0 saturated carbocycles. The van der Waals surface area contributed by atoms with Gasteiger partial charge in [-0.3, -0.25) is 14.9 Å². The van der Waals surface area contributed by atoms with Crippen molar-refractivity contribution in [1.82, 2.24) is 15.3 Å². The zero-order chi connectivity index (χ0) is 19.6. The Kier molecular flexibility index (Phi) is 5.41. The summed E-state index contributed by atoms with van der Waals surface area (Å²) in [6.45, 7) is 3.61. The Hall–Kier alpha value is -2.93. The molecule has 0 bridgehead atoms. The standard InChI is InChI=1S/C19H18ClFN4O2/c1-10(2)16(24-17(26)11-7-8-13(21)12(20)9-11)18(27)25-19-22-14-5-3-4-6-15(14)23-19/h3-10,16H,1-2H3,(H,24,26)(H2,22,23,25,27). The fraction of sp³-hybridized carbons (Fsp3) is 0.211. The number of anilines is 1. The molecule has 1 atom stereocenters. The van der Waals surface area contributed by atoms with E-state index in [9.17, 15) is 14.0 Å². The molecule has 0 aliphatic carbocycles. The second kappa shape index (κ2) is 7.75. The van der Waals surface area contributed by atoms with Crippen molar-refractivity contribution in [3.8, 4) is 0 Å². The van der Waals surface area contributed by atoms with Gasteiger partial charge in [-0.1, -0.05) is 37.6 Å². The summed E-state index contributed by atoms with van der Waals surface area (Å²) in [5.74, 6) is -1.43. The van der Waals surface area contributed by atoms with Crippen molar-refractivity contribution in [2.45, 2.75) is 19.9 Å². The van der Waals surface area contributed by atoms with Gasteiger partial charge in [0.25, 0.3) is 5.91 Å². The summed E-state index contributed by atoms with van der Waals surface area (Å²) < 4.78 is 13.3. The molecule has 2 amide bonds. The average molecular weight is 389 g/mol. The molecule has 6 nitrogen and oxygen atoms in total. The zero-order valence-corrected chi connectivity index (χ0v) is 15.5. The van der Waals surface area contributed by atoms with Crippen LogP contribution in [0.15, 0.2) is 42.5 Å². The molecule has 3 aromatic rings. The first-order valence-corrected chi connectivity index (χ1v) is 8.74. The SMILES string of the molecule is CC(C)C(NC(=O)c1ccc(F)c(Cl)c1)C(=O)Nc1nc2ccccc2[nH]1. The summed E-state index contributed by atoms with van der Waals surface area (Å²) in [5, 5.41) is 5.19. The van der Waals surface area contributed by atoms with E-state index in [1.54, 1.807) is 13.8 Å². The molecule has 0 radical (unpaired) electrons. The van der Waals surface area contributed by atoms with Gasteiger partial charge in [-0.15, -0.1) is 0 Å². The van der Waals surface area contributed by atoms with Crippen LogP contribution in [0.25, 0.3) is 11.0 Å². The smallest absolute Gasteiger partial charge is 0.251 e. The predicted molar refractivity (Wildman–Crippen MR) is 102 cm³/mol. The van der Waals surface area contributed by atoms with E-state index in [2.05, 4.69) is 20.6 Å². The third kappa shape index (κ3) is 4.25. The first kappa shape index (κ1) is 18.8. The fourth-order valence-electron chi connectivity index (χ4n) is 2.60. The van der Waals surface area contributed by atoms with E-state index in [4.69, 9.17) is 11.6 Å². The summed E-state index contributed by atoms with van der Waals surface area (Å²) in [4.78, 5) is 32.4. The monoisotopic (exact) mass is 388 g/mol. The second-order valence-electron chi connectivity index (χ2n) is 6.42. The van der Waals surface area contributed by atoms with E-state index in [0.29, 0.717) is 5.95 Å². The zero-order valence-electron chi connectivity index (χ0n) is 14.7. The number of carbonyl (C=O) groups excluding carboxylic acids is 2. The number of amides is 2. The van der Waals surface area contributed by atoms with E-state index in [1.807, 2.05) is 24.3 Å². The Balaban J connectivity index is 1.74. The van der Waals surface area contributed by atoms with Gasteiger partial charge in [0, 0.05) is 5.56 Å². The number of H-pyrrole nitrogens is 1. The highest BCUT2D eigenvalue weighted by Gasteiger charge is 2.25. The van der Waals surface area contributed by atoms with Crippen molar-refractivity contribution in [2.75, 3.05) is 5.32 Å². The minimum atomic E-state index is -0.811. The largest absolute Gasteiger partial charge is 0.340 e. The fourth-order valence-corrected chi connectivity index (χ4v) is 2.78. The van der Waals surface area contributed by atoms with Gasteiger partial charge in [0.1, 0.15) is 11.9 Å². The number of carbonyl (C=O) groups is 2. The van der Waals surface area contributed by atoms with E-state index in [0.717, 1.165) is 17.1 Å².